The smallest absolute Gasteiger partial charge is 0.107 e. The van der Waals surface area contributed by atoms with Crippen LogP contribution in [0.25, 0.3) is 0 Å². The normalized spacial score (nSPS) is 22.6. The largest absolute Gasteiger partial charge is 0.472 e. The van der Waals surface area contributed by atoms with E-state index >= 15 is 0 Å². The highest BCUT2D eigenvalue weighted by atomic mass is 32.1. The van der Waals surface area contributed by atoms with Gasteiger partial charge in [0, 0.05) is 49.9 Å². The molecule has 0 aliphatic carbocycles. The molecule has 0 aromatic carbocycles. The van der Waals surface area contributed by atoms with Crippen LogP contribution in [0.5, 0.6) is 0 Å². The van der Waals surface area contributed by atoms with E-state index in [0.29, 0.717) is 0 Å². The zero-order valence-electron chi connectivity index (χ0n) is 13.3. The number of hydrogen-bond donors (Lipinski definition) is 0. The molecule has 2 fully saturated rings. The second-order valence-corrected chi connectivity index (χ2v) is 7.55. The van der Waals surface area contributed by atoms with E-state index in [1.165, 1.54) is 10.6 Å². The molecule has 0 bridgehead atoms. The lowest BCUT2D eigenvalue weighted by Crippen LogP contribution is -2.56. The van der Waals surface area contributed by atoms with Crippen molar-refractivity contribution < 1.29 is 9.15 Å². The molecular formula is C17H23N3O2S. The molecule has 5 nitrogen and oxygen atoms in total. The van der Waals surface area contributed by atoms with Crippen LogP contribution in [0, 0.1) is 0 Å². The van der Waals surface area contributed by atoms with Crippen LogP contribution in [0.1, 0.15) is 23.4 Å². The molecule has 0 saturated carbocycles. The Kier molecular flexibility index (Phi) is 4.48. The molecule has 1 spiro atoms. The molecule has 0 unspecified atom stereocenters. The van der Waals surface area contributed by atoms with Crippen molar-refractivity contribution in [1.82, 2.24) is 14.8 Å². The van der Waals surface area contributed by atoms with Gasteiger partial charge in [-0.1, -0.05) is 0 Å². The summed E-state index contributed by atoms with van der Waals surface area (Å²) in [5, 5.41) is 3.26. The molecule has 2 aliphatic heterocycles. The van der Waals surface area contributed by atoms with Crippen LogP contribution in [-0.2, 0) is 17.8 Å². The van der Waals surface area contributed by atoms with Gasteiger partial charge in [0.25, 0.3) is 0 Å². The molecule has 4 heterocycles. The average Bonchev–Trinajstić information content (AvgIpc) is 3.24. The fourth-order valence-electron chi connectivity index (χ4n) is 3.64. The second-order valence-electron chi connectivity index (χ2n) is 6.58. The number of piperidine rings is 1. The van der Waals surface area contributed by atoms with Crippen LogP contribution in [0.4, 0.5) is 0 Å². The molecule has 0 N–H and O–H groups in total. The Morgan fingerprint density at radius 3 is 2.83 bits per heavy atom. The third-order valence-corrected chi connectivity index (χ3v) is 5.69. The van der Waals surface area contributed by atoms with Gasteiger partial charge in [-0.3, -0.25) is 9.80 Å². The molecule has 4 rings (SSSR count). The van der Waals surface area contributed by atoms with Crippen LogP contribution in [-0.4, -0.2) is 53.2 Å². The first-order valence-corrected chi connectivity index (χ1v) is 9.17. The van der Waals surface area contributed by atoms with Gasteiger partial charge in [0.15, 0.2) is 0 Å². The van der Waals surface area contributed by atoms with Crippen LogP contribution >= 0.6 is 11.3 Å². The van der Waals surface area contributed by atoms with Gasteiger partial charge in [-0.25, -0.2) is 4.98 Å². The first-order chi connectivity index (χ1) is 11.3. The van der Waals surface area contributed by atoms with Gasteiger partial charge >= 0.3 is 0 Å². The standard InChI is InChI=1S/C17H23N3O2S/c1-8-21-13-15(1)11-19-5-2-17(3-6-19)14-20(7-9-22-17)12-16-18-4-10-23-16/h1,4,8,10,13H,2-3,5-7,9,11-12,14H2. The van der Waals surface area contributed by atoms with Gasteiger partial charge in [-0.05, 0) is 18.9 Å². The van der Waals surface area contributed by atoms with E-state index in [0.717, 1.165) is 58.7 Å². The van der Waals surface area contributed by atoms with Gasteiger partial charge < -0.3 is 9.15 Å². The topological polar surface area (TPSA) is 41.7 Å². The summed E-state index contributed by atoms with van der Waals surface area (Å²) in [6, 6.07) is 2.05. The highest BCUT2D eigenvalue weighted by molar-refractivity contribution is 7.09. The van der Waals surface area contributed by atoms with Crippen LogP contribution in [0.15, 0.2) is 34.6 Å². The Hall–Kier alpha value is -1.21. The van der Waals surface area contributed by atoms with E-state index in [9.17, 15) is 0 Å². The van der Waals surface area contributed by atoms with Crippen molar-refractivity contribution in [1.29, 1.82) is 0 Å². The molecule has 124 valence electrons. The first kappa shape index (κ1) is 15.3. The highest BCUT2D eigenvalue weighted by Crippen LogP contribution is 2.31. The van der Waals surface area contributed by atoms with Crippen LogP contribution in [0.3, 0.4) is 0 Å². The fourth-order valence-corrected chi connectivity index (χ4v) is 4.30. The highest BCUT2D eigenvalue weighted by Gasteiger charge is 2.39. The van der Waals surface area contributed by atoms with Gasteiger partial charge in [-0.15, -0.1) is 11.3 Å². The monoisotopic (exact) mass is 333 g/mol. The van der Waals surface area contributed by atoms with E-state index in [1.54, 1.807) is 17.6 Å². The quantitative estimate of drug-likeness (QED) is 0.860. The van der Waals surface area contributed by atoms with Crippen molar-refractivity contribution in [2.24, 2.45) is 0 Å². The molecule has 0 radical (unpaired) electrons. The molecular weight excluding hydrogens is 310 g/mol. The lowest BCUT2D eigenvalue weighted by Gasteiger charge is -2.47. The lowest BCUT2D eigenvalue weighted by molar-refractivity contribution is -0.138. The third-order valence-electron chi connectivity index (χ3n) is 4.92. The van der Waals surface area contributed by atoms with Crippen molar-refractivity contribution in [3.8, 4) is 0 Å². The number of nitrogens with zero attached hydrogens (tertiary/aromatic N) is 3. The van der Waals surface area contributed by atoms with Gasteiger partial charge in [0.2, 0.25) is 0 Å². The molecule has 2 saturated heterocycles. The number of morpholine rings is 1. The molecule has 6 heteroatoms. The molecule has 2 aromatic heterocycles. The maximum Gasteiger partial charge on any atom is 0.107 e. The zero-order chi connectivity index (χ0) is 15.5. The van der Waals surface area contributed by atoms with Crippen LogP contribution in [0.2, 0.25) is 0 Å². The average molecular weight is 333 g/mol. The Morgan fingerprint density at radius 2 is 2.09 bits per heavy atom. The molecule has 2 aliphatic rings. The Bertz CT molecular complexity index is 591. The van der Waals surface area contributed by atoms with E-state index < -0.39 is 0 Å². The summed E-state index contributed by atoms with van der Waals surface area (Å²) in [6.07, 6.45) is 7.71. The van der Waals surface area contributed by atoms with E-state index in [4.69, 9.17) is 9.15 Å². The van der Waals surface area contributed by atoms with Crippen molar-refractivity contribution in [2.45, 2.75) is 31.5 Å². The number of hydrogen-bond acceptors (Lipinski definition) is 6. The summed E-state index contributed by atoms with van der Waals surface area (Å²) in [7, 11) is 0. The predicted octanol–water partition coefficient (Wildman–Crippen LogP) is 2.60. The summed E-state index contributed by atoms with van der Waals surface area (Å²) in [4.78, 5) is 9.42. The Labute approximate surface area is 140 Å². The molecule has 0 amide bonds. The number of rotatable bonds is 4. The Balaban J connectivity index is 1.32. The number of furan rings is 1. The van der Waals surface area contributed by atoms with E-state index in [2.05, 4.69) is 26.2 Å². The Morgan fingerprint density at radius 1 is 1.17 bits per heavy atom. The van der Waals surface area contributed by atoms with Crippen molar-refractivity contribution in [2.75, 3.05) is 32.8 Å². The minimum atomic E-state index is 0.0441. The number of aromatic nitrogens is 1. The summed E-state index contributed by atoms with van der Waals surface area (Å²) in [5.74, 6) is 0. The van der Waals surface area contributed by atoms with Gasteiger partial charge in [0.1, 0.15) is 5.01 Å². The molecule has 2 aromatic rings. The maximum absolute atomic E-state index is 6.24. The third kappa shape index (κ3) is 3.66. The van der Waals surface area contributed by atoms with Crippen molar-refractivity contribution in [3.63, 3.8) is 0 Å². The molecule has 23 heavy (non-hydrogen) atoms. The van der Waals surface area contributed by atoms with Crippen LogP contribution < -0.4 is 0 Å². The van der Waals surface area contributed by atoms with Gasteiger partial charge in [-0.2, -0.15) is 0 Å². The number of thiazole rings is 1. The SMILES string of the molecule is c1csc(CN2CCOC3(CCN(Cc4ccoc4)CC3)C2)n1. The second kappa shape index (κ2) is 6.73. The minimum absolute atomic E-state index is 0.0441. The van der Waals surface area contributed by atoms with Crippen molar-refractivity contribution >= 4 is 11.3 Å². The maximum atomic E-state index is 6.24. The lowest BCUT2D eigenvalue weighted by atomic mass is 9.89. The summed E-state index contributed by atoms with van der Waals surface area (Å²) in [5.41, 5.74) is 1.30. The summed E-state index contributed by atoms with van der Waals surface area (Å²) >= 11 is 1.74. The van der Waals surface area contributed by atoms with E-state index in [-0.39, 0.29) is 5.60 Å². The minimum Gasteiger partial charge on any atom is -0.472 e. The van der Waals surface area contributed by atoms with Crippen molar-refractivity contribution in [3.05, 3.63) is 40.7 Å². The number of likely N-dealkylation sites (tertiary alicyclic amines) is 1. The predicted molar refractivity (Wildman–Crippen MR) is 89.3 cm³/mol. The molecule has 0 atom stereocenters. The first-order valence-electron chi connectivity index (χ1n) is 8.29. The summed E-state index contributed by atoms with van der Waals surface area (Å²) in [6.45, 7) is 7.02. The van der Waals surface area contributed by atoms with Gasteiger partial charge in [0.05, 0.1) is 31.3 Å². The fraction of sp³-hybridized carbons (Fsp3) is 0.588. The van der Waals surface area contributed by atoms with E-state index in [1.807, 2.05) is 12.5 Å². The summed E-state index contributed by atoms with van der Waals surface area (Å²) < 4.78 is 11.4. The zero-order valence-corrected chi connectivity index (χ0v) is 14.1. The number of ether oxygens (including phenoxy) is 1.